The maximum absolute atomic E-state index is 12.6. The third-order valence-electron chi connectivity index (χ3n) is 1.76. The molecule has 3 heteroatoms. The van der Waals surface area contributed by atoms with Crippen molar-refractivity contribution in [2.75, 3.05) is 0 Å². The van der Waals surface area contributed by atoms with Crippen LogP contribution in [0, 0.1) is 5.82 Å². The average molecular weight is 150 g/mol. The predicted octanol–water partition coefficient (Wildman–Crippen LogP) is 1.04. The lowest BCUT2D eigenvalue weighted by Gasteiger charge is -1.96. The highest BCUT2D eigenvalue weighted by atomic mass is 19.1. The lowest BCUT2D eigenvalue weighted by Crippen LogP contribution is -2.10. The molecule has 0 saturated heterocycles. The summed E-state index contributed by atoms with van der Waals surface area (Å²) in [6.45, 7) is 0.513. The van der Waals surface area contributed by atoms with E-state index in [2.05, 4.69) is 4.99 Å². The van der Waals surface area contributed by atoms with Gasteiger partial charge in [0.05, 0.1) is 6.54 Å². The molecule has 2 rings (SSSR count). The second-order valence-electron chi connectivity index (χ2n) is 2.50. The average Bonchev–Trinajstić information content (AvgIpc) is 2.32. The zero-order valence-electron chi connectivity index (χ0n) is 5.84. The largest absolute Gasteiger partial charge is 0.383 e. The molecule has 0 fully saturated rings. The highest BCUT2D eigenvalue weighted by Crippen LogP contribution is 2.17. The van der Waals surface area contributed by atoms with Crippen LogP contribution in [0.4, 0.5) is 4.39 Å². The van der Waals surface area contributed by atoms with Crippen LogP contribution in [0.5, 0.6) is 0 Å². The van der Waals surface area contributed by atoms with E-state index in [0.29, 0.717) is 12.4 Å². The van der Waals surface area contributed by atoms with Crippen molar-refractivity contribution in [1.82, 2.24) is 0 Å². The van der Waals surface area contributed by atoms with Crippen molar-refractivity contribution in [1.29, 1.82) is 0 Å². The Morgan fingerprint density at radius 1 is 1.45 bits per heavy atom. The summed E-state index contributed by atoms with van der Waals surface area (Å²) in [7, 11) is 0. The molecule has 1 heterocycles. The standard InChI is InChI=1S/C8H7FN2/c9-6-1-2-7-5(3-6)4-11-8(7)10/h1-3H,4H2,(H2,10,11). The number of benzene rings is 1. The van der Waals surface area contributed by atoms with E-state index in [1.807, 2.05) is 0 Å². The fraction of sp³-hybridized carbons (Fsp3) is 0.125. The maximum atomic E-state index is 12.6. The molecule has 0 unspecified atom stereocenters. The molecule has 0 aliphatic carbocycles. The SMILES string of the molecule is NC1=NCc2cc(F)ccc21. The molecule has 0 atom stereocenters. The number of hydrogen-bond acceptors (Lipinski definition) is 2. The molecule has 1 aromatic carbocycles. The monoisotopic (exact) mass is 150 g/mol. The second-order valence-corrected chi connectivity index (χ2v) is 2.50. The number of nitrogens with two attached hydrogens (primary N) is 1. The highest BCUT2D eigenvalue weighted by molar-refractivity contribution is 6.00. The molecule has 1 aliphatic rings. The van der Waals surface area contributed by atoms with E-state index in [1.165, 1.54) is 12.1 Å². The first-order valence-electron chi connectivity index (χ1n) is 3.36. The van der Waals surface area contributed by atoms with Gasteiger partial charge in [0.2, 0.25) is 0 Å². The summed E-state index contributed by atoms with van der Waals surface area (Å²) >= 11 is 0. The molecule has 0 bridgehead atoms. The van der Waals surface area contributed by atoms with Crippen molar-refractivity contribution in [2.24, 2.45) is 10.7 Å². The van der Waals surface area contributed by atoms with Gasteiger partial charge in [-0.05, 0) is 23.8 Å². The molecule has 1 aliphatic heterocycles. The van der Waals surface area contributed by atoms with Crippen LogP contribution in [-0.4, -0.2) is 5.84 Å². The Morgan fingerprint density at radius 2 is 2.27 bits per heavy atom. The molecule has 0 aromatic heterocycles. The van der Waals surface area contributed by atoms with Gasteiger partial charge >= 0.3 is 0 Å². The zero-order chi connectivity index (χ0) is 7.84. The van der Waals surface area contributed by atoms with E-state index in [9.17, 15) is 4.39 Å². The minimum atomic E-state index is -0.228. The Kier molecular flexibility index (Phi) is 1.18. The van der Waals surface area contributed by atoms with Gasteiger partial charge in [0.25, 0.3) is 0 Å². The quantitative estimate of drug-likeness (QED) is 0.589. The number of hydrogen-bond donors (Lipinski definition) is 1. The minimum Gasteiger partial charge on any atom is -0.383 e. The lowest BCUT2D eigenvalue weighted by atomic mass is 10.1. The first-order valence-corrected chi connectivity index (χ1v) is 3.36. The van der Waals surface area contributed by atoms with Gasteiger partial charge in [-0.3, -0.25) is 4.99 Å². The number of aliphatic imine (C=N–C) groups is 1. The van der Waals surface area contributed by atoms with Gasteiger partial charge in [0.15, 0.2) is 0 Å². The van der Waals surface area contributed by atoms with Gasteiger partial charge in [-0.1, -0.05) is 0 Å². The Bertz CT molecular complexity index is 331. The smallest absolute Gasteiger partial charge is 0.126 e. The molecular formula is C8H7FN2. The van der Waals surface area contributed by atoms with Crippen LogP contribution >= 0.6 is 0 Å². The Hall–Kier alpha value is -1.38. The Balaban J connectivity index is 2.58. The van der Waals surface area contributed by atoms with Gasteiger partial charge in [-0.25, -0.2) is 4.39 Å². The van der Waals surface area contributed by atoms with E-state index in [-0.39, 0.29) is 5.82 Å². The normalized spacial score (nSPS) is 14.5. The number of amidine groups is 1. The lowest BCUT2D eigenvalue weighted by molar-refractivity contribution is 0.626. The fourth-order valence-corrected chi connectivity index (χ4v) is 1.20. The number of rotatable bonds is 0. The molecule has 2 N–H and O–H groups in total. The molecule has 0 saturated carbocycles. The van der Waals surface area contributed by atoms with E-state index < -0.39 is 0 Å². The van der Waals surface area contributed by atoms with Crippen molar-refractivity contribution in [2.45, 2.75) is 6.54 Å². The third-order valence-corrected chi connectivity index (χ3v) is 1.76. The summed E-state index contributed by atoms with van der Waals surface area (Å²) in [6.07, 6.45) is 0. The van der Waals surface area contributed by atoms with Crippen molar-refractivity contribution in [3.8, 4) is 0 Å². The number of fused-ring (bicyclic) bond motifs is 1. The highest BCUT2D eigenvalue weighted by Gasteiger charge is 2.12. The van der Waals surface area contributed by atoms with Gasteiger partial charge in [0.1, 0.15) is 11.7 Å². The third kappa shape index (κ3) is 0.888. The van der Waals surface area contributed by atoms with Crippen LogP contribution < -0.4 is 5.73 Å². The Morgan fingerprint density at radius 3 is 3.09 bits per heavy atom. The van der Waals surface area contributed by atoms with Crippen molar-refractivity contribution in [3.05, 3.63) is 35.1 Å². The molecule has 0 radical (unpaired) electrons. The van der Waals surface area contributed by atoms with Crippen LogP contribution in [0.1, 0.15) is 11.1 Å². The topological polar surface area (TPSA) is 38.4 Å². The Labute approximate surface area is 63.6 Å². The van der Waals surface area contributed by atoms with Crippen LogP contribution in [0.15, 0.2) is 23.2 Å². The minimum absolute atomic E-state index is 0.228. The van der Waals surface area contributed by atoms with Gasteiger partial charge < -0.3 is 5.73 Å². The molecule has 11 heavy (non-hydrogen) atoms. The van der Waals surface area contributed by atoms with Crippen LogP contribution in [0.2, 0.25) is 0 Å². The summed E-state index contributed by atoms with van der Waals surface area (Å²) in [5.41, 5.74) is 7.27. The predicted molar refractivity (Wildman–Crippen MR) is 40.8 cm³/mol. The molecule has 0 spiro atoms. The molecule has 0 amide bonds. The molecule has 2 nitrogen and oxygen atoms in total. The second kappa shape index (κ2) is 2.05. The van der Waals surface area contributed by atoms with Gasteiger partial charge in [-0.2, -0.15) is 0 Å². The number of halogens is 1. The first-order chi connectivity index (χ1) is 5.27. The summed E-state index contributed by atoms with van der Waals surface area (Å²) in [5, 5.41) is 0. The van der Waals surface area contributed by atoms with Crippen LogP contribution in [0.3, 0.4) is 0 Å². The molecule has 1 aromatic rings. The van der Waals surface area contributed by atoms with Gasteiger partial charge in [-0.15, -0.1) is 0 Å². The summed E-state index contributed by atoms with van der Waals surface area (Å²) in [5.74, 6) is 0.286. The van der Waals surface area contributed by atoms with Crippen molar-refractivity contribution in [3.63, 3.8) is 0 Å². The van der Waals surface area contributed by atoms with Crippen LogP contribution in [-0.2, 0) is 6.54 Å². The zero-order valence-corrected chi connectivity index (χ0v) is 5.84. The maximum Gasteiger partial charge on any atom is 0.126 e. The first kappa shape index (κ1) is 6.34. The van der Waals surface area contributed by atoms with Crippen LogP contribution in [0.25, 0.3) is 0 Å². The summed E-state index contributed by atoms with van der Waals surface area (Å²) < 4.78 is 12.6. The van der Waals surface area contributed by atoms with Crippen molar-refractivity contribution >= 4 is 5.84 Å². The molecular weight excluding hydrogens is 143 g/mol. The number of nitrogens with zero attached hydrogens (tertiary/aromatic N) is 1. The van der Waals surface area contributed by atoms with E-state index in [4.69, 9.17) is 5.73 Å². The van der Waals surface area contributed by atoms with Crippen molar-refractivity contribution < 1.29 is 4.39 Å². The fourth-order valence-electron chi connectivity index (χ4n) is 1.20. The van der Waals surface area contributed by atoms with E-state index >= 15 is 0 Å². The van der Waals surface area contributed by atoms with E-state index in [1.54, 1.807) is 6.07 Å². The van der Waals surface area contributed by atoms with Gasteiger partial charge in [0, 0.05) is 5.56 Å². The molecule has 56 valence electrons. The summed E-state index contributed by atoms with van der Waals surface area (Å²) in [4.78, 5) is 3.97. The van der Waals surface area contributed by atoms with E-state index in [0.717, 1.165) is 11.1 Å². The summed E-state index contributed by atoms with van der Waals surface area (Å²) in [6, 6.07) is 4.53.